The summed E-state index contributed by atoms with van der Waals surface area (Å²) in [6.07, 6.45) is 2.52. The Hall–Kier alpha value is -0.280. The molecule has 0 saturated carbocycles. The monoisotopic (exact) mass is 302 g/mol. The first kappa shape index (κ1) is 16.8. The normalized spacial score (nSPS) is 23.5. The lowest BCUT2D eigenvalue weighted by Gasteiger charge is -2.38. The molecule has 1 aliphatic rings. The van der Waals surface area contributed by atoms with Gasteiger partial charge < -0.3 is 5.73 Å². The molecule has 0 amide bonds. The fourth-order valence-electron chi connectivity index (χ4n) is 2.77. The molecule has 1 fully saturated rings. The van der Waals surface area contributed by atoms with Gasteiger partial charge >= 0.3 is 0 Å². The number of benzene rings is 1. The highest BCUT2D eigenvalue weighted by atomic mass is 35.5. The number of hydrogen-bond donors (Lipinski definition) is 1. The van der Waals surface area contributed by atoms with E-state index in [0.717, 1.165) is 11.6 Å². The molecule has 0 aromatic heterocycles. The summed E-state index contributed by atoms with van der Waals surface area (Å²) in [6.45, 7) is 6.68. The Bertz CT molecular complexity index is 378. The van der Waals surface area contributed by atoms with Gasteiger partial charge in [0.25, 0.3) is 0 Å². The lowest BCUT2D eigenvalue weighted by atomic mass is 9.90. The molecule has 1 saturated heterocycles. The van der Waals surface area contributed by atoms with E-state index in [1.54, 1.807) is 0 Å². The Balaban J connectivity index is 0.00000180. The van der Waals surface area contributed by atoms with Crippen molar-refractivity contribution in [2.75, 3.05) is 13.1 Å². The molecular formula is C15H24Cl2N2. The summed E-state index contributed by atoms with van der Waals surface area (Å²) in [5.74, 6) is 0.633. The van der Waals surface area contributed by atoms with Crippen LogP contribution in [0.1, 0.15) is 38.3 Å². The number of hydrogen-bond acceptors (Lipinski definition) is 2. The third-order valence-electron chi connectivity index (χ3n) is 4.13. The molecule has 19 heavy (non-hydrogen) atoms. The summed E-state index contributed by atoms with van der Waals surface area (Å²) in [6, 6.07) is 8.94. The van der Waals surface area contributed by atoms with Crippen LogP contribution in [0.25, 0.3) is 0 Å². The van der Waals surface area contributed by atoms with E-state index in [0.29, 0.717) is 18.0 Å². The molecule has 0 bridgehead atoms. The van der Waals surface area contributed by atoms with Crippen LogP contribution in [0.15, 0.2) is 24.3 Å². The molecule has 3 atom stereocenters. The summed E-state index contributed by atoms with van der Waals surface area (Å²) in [5, 5.41) is 0.804. The number of likely N-dealkylation sites (tertiary alicyclic amines) is 1. The maximum atomic E-state index is 6.04. The minimum absolute atomic E-state index is 0. The van der Waals surface area contributed by atoms with Gasteiger partial charge in [-0.15, -0.1) is 12.4 Å². The van der Waals surface area contributed by atoms with Gasteiger partial charge in [-0.05, 0) is 56.8 Å². The Morgan fingerprint density at radius 2 is 1.89 bits per heavy atom. The van der Waals surface area contributed by atoms with Gasteiger partial charge in [0.15, 0.2) is 0 Å². The summed E-state index contributed by atoms with van der Waals surface area (Å²) < 4.78 is 0. The van der Waals surface area contributed by atoms with Crippen molar-refractivity contribution in [1.29, 1.82) is 0 Å². The highest BCUT2D eigenvalue weighted by Crippen LogP contribution is 2.28. The first-order valence-corrected chi connectivity index (χ1v) is 7.21. The van der Waals surface area contributed by atoms with Gasteiger partial charge in [-0.25, -0.2) is 0 Å². The highest BCUT2D eigenvalue weighted by molar-refractivity contribution is 6.30. The van der Waals surface area contributed by atoms with E-state index in [1.165, 1.54) is 24.9 Å². The van der Waals surface area contributed by atoms with Crippen molar-refractivity contribution >= 4 is 24.0 Å². The van der Waals surface area contributed by atoms with Crippen LogP contribution in [-0.2, 0) is 0 Å². The largest absolute Gasteiger partial charge is 0.328 e. The molecule has 3 unspecified atom stereocenters. The fourth-order valence-corrected chi connectivity index (χ4v) is 2.90. The van der Waals surface area contributed by atoms with Crippen LogP contribution >= 0.6 is 24.0 Å². The summed E-state index contributed by atoms with van der Waals surface area (Å²) in [5.41, 5.74) is 7.38. The van der Waals surface area contributed by atoms with E-state index in [2.05, 4.69) is 30.9 Å². The van der Waals surface area contributed by atoms with Crippen LogP contribution in [-0.4, -0.2) is 24.0 Å². The second-order valence-electron chi connectivity index (χ2n) is 5.48. The van der Waals surface area contributed by atoms with Crippen LogP contribution < -0.4 is 5.73 Å². The smallest absolute Gasteiger partial charge is 0.0406 e. The van der Waals surface area contributed by atoms with Crippen LogP contribution in [0, 0.1) is 5.92 Å². The van der Waals surface area contributed by atoms with Gasteiger partial charge in [-0.3, -0.25) is 4.90 Å². The molecule has 0 aliphatic carbocycles. The molecule has 4 heteroatoms. The summed E-state index contributed by atoms with van der Waals surface area (Å²) in [4.78, 5) is 2.54. The van der Waals surface area contributed by atoms with Gasteiger partial charge in [0, 0.05) is 23.7 Å². The number of halogens is 2. The minimum atomic E-state index is 0. The SMILES string of the molecule is CC(N)C1CCCN(C(C)c2ccc(Cl)cc2)C1.Cl. The van der Waals surface area contributed by atoms with Gasteiger partial charge in [-0.1, -0.05) is 23.7 Å². The minimum Gasteiger partial charge on any atom is -0.328 e. The molecule has 1 heterocycles. The van der Waals surface area contributed by atoms with Crippen LogP contribution in [0.3, 0.4) is 0 Å². The number of rotatable bonds is 3. The van der Waals surface area contributed by atoms with Crippen LogP contribution in [0.2, 0.25) is 5.02 Å². The predicted molar refractivity (Wildman–Crippen MR) is 85.1 cm³/mol. The molecule has 1 aliphatic heterocycles. The first-order chi connectivity index (χ1) is 8.58. The molecule has 0 radical (unpaired) electrons. The number of nitrogens with two attached hydrogens (primary N) is 1. The zero-order valence-electron chi connectivity index (χ0n) is 11.7. The van der Waals surface area contributed by atoms with Crippen molar-refractivity contribution in [3.8, 4) is 0 Å². The van der Waals surface area contributed by atoms with Crippen molar-refractivity contribution in [2.24, 2.45) is 11.7 Å². The van der Waals surface area contributed by atoms with Crippen LogP contribution in [0.4, 0.5) is 0 Å². The Morgan fingerprint density at radius 3 is 2.47 bits per heavy atom. The third kappa shape index (κ3) is 4.35. The summed E-state index contributed by atoms with van der Waals surface area (Å²) in [7, 11) is 0. The second kappa shape index (κ2) is 7.49. The molecule has 0 spiro atoms. The van der Waals surface area contributed by atoms with E-state index < -0.39 is 0 Å². The molecular weight excluding hydrogens is 279 g/mol. The maximum Gasteiger partial charge on any atom is 0.0406 e. The topological polar surface area (TPSA) is 29.3 Å². The van der Waals surface area contributed by atoms with E-state index >= 15 is 0 Å². The number of nitrogens with zero attached hydrogens (tertiary/aromatic N) is 1. The standard InChI is InChI=1S/C15H23ClN2.ClH/c1-11(17)14-4-3-9-18(10-14)12(2)13-5-7-15(16)8-6-13;/h5-8,11-12,14H,3-4,9-10,17H2,1-2H3;1H. The molecule has 2 rings (SSSR count). The molecule has 1 aromatic rings. The molecule has 1 aromatic carbocycles. The van der Waals surface area contributed by atoms with Crippen molar-refractivity contribution in [3.05, 3.63) is 34.9 Å². The average molecular weight is 303 g/mol. The van der Waals surface area contributed by atoms with Gasteiger partial charge in [0.05, 0.1) is 0 Å². The van der Waals surface area contributed by atoms with Gasteiger partial charge in [-0.2, -0.15) is 0 Å². The first-order valence-electron chi connectivity index (χ1n) is 6.83. The van der Waals surface area contributed by atoms with E-state index in [-0.39, 0.29) is 12.4 Å². The molecule has 2 N–H and O–H groups in total. The quantitative estimate of drug-likeness (QED) is 0.918. The Labute approximate surface area is 127 Å². The van der Waals surface area contributed by atoms with Gasteiger partial charge in [0.1, 0.15) is 0 Å². The molecule has 108 valence electrons. The fraction of sp³-hybridized carbons (Fsp3) is 0.600. The van der Waals surface area contributed by atoms with Crippen molar-refractivity contribution < 1.29 is 0 Å². The predicted octanol–water partition coefficient (Wildman–Crippen LogP) is 3.88. The lowest BCUT2D eigenvalue weighted by molar-refractivity contribution is 0.121. The van der Waals surface area contributed by atoms with Crippen molar-refractivity contribution in [1.82, 2.24) is 4.90 Å². The average Bonchev–Trinajstić information content (AvgIpc) is 2.39. The van der Waals surface area contributed by atoms with E-state index in [9.17, 15) is 0 Å². The van der Waals surface area contributed by atoms with Crippen molar-refractivity contribution in [3.63, 3.8) is 0 Å². The lowest BCUT2D eigenvalue weighted by Crippen LogP contribution is -2.43. The summed E-state index contributed by atoms with van der Waals surface area (Å²) >= 11 is 5.94. The second-order valence-corrected chi connectivity index (χ2v) is 5.92. The zero-order chi connectivity index (χ0) is 13.1. The van der Waals surface area contributed by atoms with E-state index in [1.807, 2.05) is 12.1 Å². The Morgan fingerprint density at radius 1 is 1.26 bits per heavy atom. The van der Waals surface area contributed by atoms with Crippen LogP contribution in [0.5, 0.6) is 0 Å². The van der Waals surface area contributed by atoms with Gasteiger partial charge in [0.2, 0.25) is 0 Å². The highest BCUT2D eigenvalue weighted by Gasteiger charge is 2.26. The number of piperidine rings is 1. The Kier molecular flexibility index (Phi) is 6.61. The van der Waals surface area contributed by atoms with E-state index in [4.69, 9.17) is 17.3 Å². The third-order valence-corrected chi connectivity index (χ3v) is 4.38. The van der Waals surface area contributed by atoms with Crippen molar-refractivity contribution in [2.45, 2.75) is 38.8 Å². The zero-order valence-corrected chi connectivity index (χ0v) is 13.3. The maximum absolute atomic E-state index is 6.04. The molecule has 2 nitrogen and oxygen atoms in total.